The molecule has 1 N–H and O–H groups in total. The van der Waals surface area contributed by atoms with E-state index >= 15 is 0 Å². The first-order valence-corrected chi connectivity index (χ1v) is 11.8. The second kappa shape index (κ2) is 8.01. The van der Waals surface area contributed by atoms with Gasteiger partial charge in [0.25, 0.3) is 8.38 Å². The molecule has 1 aliphatic rings. The Kier molecular flexibility index (Phi) is 5.06. The Morgan fingerprint density at radius 1 is 0.700 bits per heavy atom. The molecule has 6 rings (SSSR count). The molecule has 2 atom stereocenters. The van der Waals surface area contributed by atoms with E-state index in [9.17, 15) is 9.46 Å². The maximum Gasteiger partial charge on any atom is 0.597 e. The van der Waals surface area contributed by atoms with Gasteiger partial charge in [0.2, 0.25) is 5.12 Å². The molecule has 30 heavy (non-hydrogen) atoms. The lowest BCUT2D eigenvalue weighted by Gasteiger charge is -2.23. The molecule has 2 heterocycles. The van der Waals surface area contributed by atoms with Gasteiger partial charge in [0.1, 0.15) is 5.75 Å². The van der Waals surface area contributed by atoms with Crippen molar-refractivity contribution in [2.75, 3.05) is 0 Å². The van der Waals surface area contributed by atoms with Crippen molar-refractivity contribution in [3.05, 3.63) is 97.1 Å². The van der Waals surface area contributed by atoms with Crippen molar-refractivity contribution in [3.8, 4) is 16.9 Å². The van der Waals surface area contributed by atoms with Crippen molar-refractivity contribution in [2.45, 2.75) is 0 Å². The van der Waals surface area contributed by atoms with E-state index in [0.717, 1.165) is 38.1 Å². The van der Waals surface area contributed by atoms with E-state index in [0.29, 0.717) is 5.58 Å². The Bertz CT molecular complexity index is 1430. The summed E-state index contributed by atoms with van der Waals surface area (Å²) < 4.78 is 22.6. The number of hydrogen-bond acceptors (Lipinski definition) is 4. The van der Waals surface area contributed by atoms with Crippen LogP contribution in [0.5, 0.6) is 5.75 Å². The summed E-state index contributed by atoms with van der Waals surface area (Å²) in [5.41, 5.74) is 2.84. The van der Waals surface area contributed by atoms with E-state index in [1.807, 2.05) is 97.1 Å². The molecule has 0 spiro atoms. The second-order valence-electron chi connectivity index (χ2n) is 6.74. The van der Waals surface area contributed by atoms with E-state index in [2.05, 4.69) is 0 Å². The van der Waals surface area contributed by atoms with Crippen molar-refractivity contribution in [1.29, 1.82) is 0 Å². The van der Waals surface area contributed by atoms with Crippen LogP contribution in [-0.2, 0) is 4.57 Å². The first-order valence-electron chi connectivity index (χ1n) is 9.41. The van der Waals surface area contributed by atoms with Gasteiger partial charge < -0.3 is 9.42 Å². The molecule has 0 saturated heterocycles. The molecular weight excluding hydrogens is 414 g/mol. The molecule has 4 aromatic carbocycles. The molecule has 5 aromatic rings. The topological polar surface area (TPSA) is 59.7 Å². The highest BCUT2D eigenvalue weighted by molar-refractivity contribution is 7.56. The van der Waals surface area contributed by atoms with Crippen molar-refractivity contribution in [2.24, 2.45) is 0 Å². The molecule has 4 nitrogen and oxygen atoms in total. The summed E-state index contributed by atoms with van der Waals surface area (Å²) in [4.78, 5) is 9.85. The van der Waals surface area contributed by atoms with Gasteiger partial charge in [-0.15, -0.1) is 0 Å². The summed E-state index contributed by atoms with van der Waals surface area (Å²) in [6.07, 6.45) is 0. The van der Waals surface area contributed by atoms with Crippen LogP contribution in [0.2, 0.25) is 0 Å². The van der Waals surface area contributed by atoms with Gasteiger partial charge in [0, 0.05) is 16.3 Å². The van der Waals surface area contributed by atoms with Crippen molar-refractivity contribution in [1.82, 2.24) is 0 Å². The van der Waals surface area contributed by atoms with Crippen molar-refractivity contribution < 1.29 is 18.2 Å². The molecule has 0 radical (unpaired) electrons. The smallest absolute Gasteiger partial charge is 0.443 e. The molecule has 0 amide bonds. The fraction of sp³-hybridized carbons (Fsp3) is 0. The molecule has 0 aliphatic carbocycles. The zero-order chi connectivity index (χ0) is 20.5. The second-order valence-corrected chi connectivity index (χ2v) is 9.13. The maximum absolute atomic E-state index is 11.8. The SMILES string of the molecule is O=[p+]1oc2ccccc2c2ccccc21.OP1Oc2ccccc2-c2ccccc21. The number of rotatable bonds is 0. The third-order valence-corrected chi connectivity index (χ3v) is 7.25. The third-order valence-electron chi connectivity index (χ3n) is 4.93. The zero-order valence-corrected chi connectivity index (χ0v) is 17.6. The molecule has 1 aliphatic heterocycles. The number of hydrogen-bond donors (Lipinski definition) is 1. The monoisotopic (exact) mass is 431 g/mol. The lowest BCUT2D eigenvalue weighted by atomic mass is 10.0. The standard InChI is InChI=1S/C12H9O2P.C12H8O2P/c2*13-15-12-8-4-2-6-10(12)9-5-1-3-7-11(9)14-15/h1-8,13H;1-8H/q;+1. The Morgan fingerprint density at radius 3 is 2.20 bits per heavy atom. The van der Waals surface area contributed by atoms with Gasteiger partial charge in [-0.2, -0.15) is 0 Å². The van der Waals surface area contributed by atoms with E-state index in [4.69, 9.17) is 8.72 Å². The van der Waals surface area contributed by atoms with Gasteiger partial charge in [0.15, 0.2) is 5.58 Å². The molecule has 2 unspecified atom stereocenters. The number of fused-ring (bicyclic) bond motifs is 6. The van der Waals surface area contributed by atoms with Crippen LogP contribution in [0.4, 0.5) is 0 Å². The first kappa shape index (κ1) is 19.0. The molecule has 146 valence electrons. The van der Waals surface area contributed by atoms with Gasteiger partial charge in [-0.05, 0) is 40.5 Å². The van der Waals surface area contributed by atoms with Crippen molar-refractivity contribution >= 4 is 42.8 Å². The largest absolute Gasteiger partial charge is 0.597 e. The highest BCUT2D eigenvalue weighted by Crippen LogP contribution is 2.45. The molecule has 6 heteroatoms. The summed E-state index contributed by atoms with van der Waals surface area (Å²) in [6, 6.07) is 30.9. The fourth-order valence-electron chi connectivity index (χ4n) is 3.55. The lowest BCUT2D eigenvalue weighted by Crippen LogP contribution is -2.13. The van der Waals surface area contributed by atoms with E-state index < -0.39 is 16.0 Å². The highest BCUT2D eigenvalue weighted by Gasteiger charge is 2.24. The quantitative estimate of drug-likeness (QED) is 0.212. The first-order chi connectivity index (χ1) is 14.7. The predicted molar refractivity (Wildman–Crippen MR) is 123 cm³/mol. The van der Waals surface area contributed by atoms with E-state index in [-0.39, 0.29) is 0 Å². The van der Waals surface area contributed by atoms with Crippen LogP contribution in [0.15, 0.2) is 101 Å². The Balaban J connectivity index is 0.000000128. The van der Waals surface area contributed by atoms with Crippen LogP contribution < -0.4 is 9.83 Å². The molecule has 0 fully saturated rings. The minimum Gasteiger partial charge on any atom is -0.443 e. The highest BCUT2D eigenvalue weighted by atomic mass is 31.2. The number of para-hydroxylation sites is 2. The molecule has 1 aromatic heterocycles. The third kappa shape index (κ3) is 3.40. The minimum absolute atomic E-state index is 0.706. The Morgan fingerprint density at radius 2 is 1.33 bits per heavy atom. The fourth-order valence-corrected chi connectivity index (χ4v) is 5.64. The van der Waals surface area contributed by atoms with Gasteiger partial charge >= 0.3 is 7.65 Å². The molecule has 0 saturated carbocycles. The van der Waals surface area contributed by atoms with Crippen LogP contribution in [-0.4, -0.2) is 4.89 Å². The van der Waals surface area contributed by atoms with Crippen LogP contribution in [0, 0.1) is 0 Å². The van der Waals surface area contributed by atoms with Gasteiger partial charge in [0.05, 0.1) is 5.30 Å². The summed E-state index contributed by atoms with van der Waals surface area (Å²) in [6.45, 7) is 0. The van der Waals surface area contributed by atoms with Crippen LogP contribution in [0.3, 0.4) is 0 Å². The van der Waals surface area contributed by atoms with Gasteiger partial charge in [-0.1, -0.05) is 66.7 Å². The normalized spacial score (nSPS) is 14.8. The summed E-state index contributed by atoms with van der Waals surface area (Å²) in [5.74, 6) is 0.768. The minimum atomic E-state index is -1.74. The maximum atomic E-state index is 11.8. The Hall–Kier alpha value is -3.03. The van der Waals surface area contributed by atoms with Crippen LogP contribution in [0.25, 0.3) is 32.6 Å². The van der Waals surface area contributed by atoms with Crippen molar-refractivity contribution in [3.63, 3.8) is 0 Å². The summed E-state index contributed by atoms with van der Waals surface area (Å²) in [5, 5.41) is 3.71. The summed E-state index contributed by atoms with van der Waals surface area (Å²) in [7, 11) is -3.24. The zero-order valence-electron chi connectivity index (χ0n) is 15.8. The van der Waals surface area contributed by atoms with Crippen LogP contribution in [0.1, 0.15) is 0 Å². The van der Waals surface area contributed by atoms with Crippen LogP contribution >= 0.6 is 16.0 Å². The lowest BCUT2D eigenvalue weighted by molar-refractivity contribution is 0.498. The van der Waals surface area contributed by atoms with Gasteiger partial charge in [-0.3, -0.25) is 0 Å². The average Bonchev–Trinajstić information content (AvgIpc) is 2.80. The average molecular weight is 431 g/mol. The summed E-state index contributed by atoms with van der Waals surface area (Å²) >= 11 is 0. The van der Waals surface area contributed by atoms with E-state index in [1.165, 1.54) is 0 Å². The van der Waals surface area contributed by atoms with Gasteiger partial charge in [-0.25, -0.2) is 4.20 Å². The predicted octanol–water partition coefficient (Wildman–Crippen LogP) is 7.00. The van der Waals surface area contributed by atoms with E-state index in [1.54, 1.807) is 0 Å². The Labute approximate surface area is 175 Å². The molecule has 0 bridgehead atoms. The number of benzene rings is 4. The molecular formula is C24H17O4P2+.